The molecule has 0 spiro atoms. The quantitative estimate of drug-likeness (QED) is 0.0409. The molecule has 40 heavy (non-hydrogen) atoms. The van der Waals surface area contributed by atoms with Crippen molar-refractivity contribution < 1.29 is 24.3 Å². The SMILES string of the molecule is NCCCCC(NC(=O)C(CCCN=C(N)N)NC(=O)C(CCCCN)NC(=O)C(N)Cc1cnc[nH]1)C(=O)O. The molecule has 226 valence electrons. The van der Waals surface area contributed by atoms with E-state index in [1.165, 1.54) is 6.33 Å². The predicted molar refractivity (Wildman–Crippen MR) is 149 cm³/mol. The number of nitrogens with one attached hydrogen (secondary N) is 4. The number of aliphatic carboxylic acids is 1. The van der Waals surface area contributed by atoms with E-state index in [1.54, 1.807) is 6.20 Å². The van der Waals surface area contributed by atoms with Gasteiger partial charge in [0.1, 0.15) is 18.1 Å². The standard InChI is InChI=1S/C24H45N11O5/c25-9-3-1-6-17(33-20(36)16(27)12-15-13-30-14-32-15)21(37)34-18(8-5-11-31-24(28)29)22(38)35-19(23(39)40)7-2-4-10-26/h13-14,16-19H,1-12,25-27H2,(H,30,32)(H,33,36)(H,34,37)(H,35,38)(H,39,40)(H4,28,29,31). The van der Waals surface area contributed by atoms with Crippen molar-refractivity contribution in [2.45, 2.75) is 82.0 Å². The minimum atomic E-state index is -1.20. The highest BCUT2D eigenvalue weighted by molar-refractivity contribution is 5.94. The average molecular weight is 568 g/mol. The Morgan fingerprint density at radius 2 is 1.38 bits per heavy atom. The Bertz CT molecular complexity index is 938. The fraction of sp³-hybridized carbons (Fsp3) is 0.667. The molecule has 4 unspecified atom stereocenters. The van der Waals surface area contributed by atoms with Crippen LogP contribution in [0.1, 0.15) is 57.1 Å². The Balaban J connectivity index is 2.99. The molecule has 1 heterocycles. The van der Waals surface area contributed by atoms with Crippen molar-refractivity contribution in [3.63, 3.8) is 0 Å². The molecule has 1 aromatic heterocycles. The first-order valence-corrected chi connectivity index (χ1v) is 13.4. The van der Waals surface area contributed by atoms with Gasteiger partial charge in [0.25, 0.3) is 0 Å². The number of aromatic amines is 1. The molecule has 0 aliphatic carbocycles. The number of carboxylic acid groups (broad SMARTS) is 1. The van der Waals surface area contributed by atoms with E-state index in [4.69, 9.17) is 28.7 Å². The Morgan fingerprint density at radius 1 is 0.850 bits per heavy atom. The number of carbonyl (C=O) groups is 4. The van der Waals surface area contributed by atoms with Crippen LogP contribution in [0.4, 0.5) is 0 Å². The molecule has 0 radical (unpaired) electrons. The maximum atomic E-state index is 13.3. The number of guanidine groups is 1. The highest BCUT2D eigenvalue weighted by atomic mass is 16.4. The molecule has 16 heteroatoms. The minimum Gasteiger partial charge on any atom is -0.480 e. The second-order valence-electron chi connectivity index (χ2n) is 9.43. The van der Waals surface area contributed by atoms with Gasteiger partial charge >= 0.3 is 5.97 Å². The number of amides is 3. The van der Waals surface area contributed by atoms with Gasteiger partial charge in [-0.25, -0.2) is 9.78 Å². The van der Waals surface area contributed by atoms with Crippen molar-refractivity contribution in [3.05, 3.63) is 18.2 Å². The van der Waals surface area contributed by atoms with Crippen LogP contribution in [0.15, 0.2) is 17.5 Å². The largest absolute Gasteiger partial charge is 0.480 e. The van der Waals surface area contributed by atoms with Crippen LogP contribution in [-0.4, -0.2) is 88.5 Å². The molecule has 0 saturated carbocycles. The molecule has 0 fully saturated rings. The van der Waals surface area contributed by atoms with Crippen LogP contribution in [0.25, 0.3) is 0 Å². The number of aromatic nitrogens is 2. The second-order valence-corrected chi connectivity index (χ2v) is 9.43. The minimum absolute atomic E-state index is 0.117. The number of rotatable bonds is 21. The van der Waals surface area contributed by atoms with E-state index in [0.717, 1.165) is 0 Å². The first kappa shape index (κ1) is 34.3. The number of hydrogen-bond acceptors (Lipinski definition) is 9. The number of nitrogens with two attached hydrogens (primary N) is 5. The maximum absolute atomic E-state index is 13.3. The molecule has 1 aromatic rings. The fourth-order valence-corrected chi connectivity index (χ4v) is 3.83. The first-order chi connectivity index (χ1) is 19.1. The Labute approximate surface area is 233 Å². The molecule has 4 atom stereocenters. The molecule has 16 nitrogen and oxygen atoms in total. The molecule has 3 amide bonds. The molecule has 0 saturated heterocycles. The van der Waals surface area contributed by atoms with Gasteiger partial charge in [0, 0.05) is 24.9 Å². The third kappa shape index (κ3) is 13.9. The number of carboxylic acids is 1. The average Bonchev–Trinajstić information content (AvgIpc) is 3.41. The molecular formula is C24H45N11O5. The summed E-state index contributed by atoms with van der Waals surface area (Å²) in [5.74, 6) is -3.17. The third-order valence-corrected chi connectivity index (χ3v) is 6.05. The van der Waals surface area contributed by atoms with Gasteiger partial charge in [-0.05, 0) is 64.5 Å². The van der Waals surface area contributed by atoms with E-state index >= 15 is 0 Å². The third-order valence-electron chi connectivity index (χ3n) is 6.05. The smallest absolute Gasteiger partial charge is 0.326 e. The summed E-state index contributed by atoms with van der Waals surface area (Å²) in [7, 11) is 0. The molecule has 1 rings (SSSR count). The van der Waals surface area contributed by atoms with Crippen molar-refractivity contribution >= 4 is 29.7 Å². The van der Waals surface area contributed by atoms with E-state index in [0.29, 0.717) is 50.9 Å². The van der Waals surface area contributed by atoms with Gasteiger partial charge in [-0.2, -0.15) is 0 Å². The zero-order valence-corrected chi connectivity index (χ0v) is 22.8. The Kier molecular flexibility index (Phi) is 16.6. The van der Waals surface area contributed by atoms with Gasteiger partial charge in [-0.1, -0.05) is 0 Å². The summed E-state index contributed by atoms with van der Waals surface area (Å²) in [5.41, 5.74) is 28.5. The van der Waals surface area contributed by atoms with Crippen LogP contribution < -0.4 is 44.6 Å². The number of aliphatic imine (C=N–C) groups is 1. The molecular weight excluding hydrogens is 522 g/mol. The predicted octanol–water partition coefficient (Wildman–Crippen LogP) is -2.87. The van der Waals surface area contributed by atoms with Crippen molar-refractivity contribution in [1.29, 1.82) is 0 Å². The summed E-state index contributed by atoms with van der Waals surface area (Å²) in [5, 5.41) is 17.4. The van der Waals surface area contributed by atoms with Crippen molar-refractivity contribution in [2.24, 2.45) is 33.7 Å². The van der Waals surface area contributed by atoms with Crippen molar-refractivity contribution in [2.75, 3.05) is 19.6 Å². The van der Waals surface area contributed by atoms with Gasteiger partial charge in [0.05, 0.1) is 12.4 Å². The number of unbranched alkanes of at least 4 members (excludes halogenated alkanes) is 2. The number of hydrogen-bond donors (Lipinski definition) is 10. The molecule has 0 aliphatic rings. The van der Waals surface area contributed by atoms with Gasteiger partial charge in [0.2, 0.25) is 17.7 Å². The van der Waals surface area contributed by atoms with Crippen LogP contribution >= 0.6 is 0 Å². The lowest BCUT2D eigenvalue weighted by molar-refractivity contribution is -0.142. The van der Waals surface area contributed by atoms with E-state index in [9.17, 15) is 24.3 Å². The number of H-pyrrole nitrogens is 1. The summed E-state index contributed by atoms with van der Waals surface area (Å²) in [4.78, 5) is 61.6. The lowest BCUT2D eigenvalue weighted by atomic mass is 10.0. The zero-order chi connectivity index (χ0) is 29.9. The monoisotopic (exact) mass is 567 g/mol. The van der Waals surface area contributed by atoms with Gasteiger partial charge in [0.15, 0.2) is 5.96 Å². The van der Waals surface area contributed by atoms with Gasteiger partial charge in [-0.15, -0.1) is 0 Å². The lowest BCUT2D eigenvalue weighted by Gasteiger charge is -2.25. The number of carbonyl (C=O) groups excluding carboxylic acids is 3. The lowest BCUT2D eigenvalue weighted by Crippen LogP contribution is -2.57. The van der Waals surface area contributed by atoms with Crippen molar-refractivity contribution in [1.82, 2.24) is 25.9 Å². The number of nitrogens with zero attached hydrogens (tertiary/aromatic N) is 2. The Morgan fingerprint density at radius 3 is 1.88 bits per heavy atom. The van der Waals surface area contributed by atoms with Crippen LogP contribution in [-0.2, 0) is 25.6 Å². The van der Waals surface area contributed by atoms with E-state index < -0.39 is 47.9 Å². The normalized spacial score (nSPS) is 13.9. The van der Waals surface area contributed by atoms with E-state index in [1.807, 2.05) is 0 Å². The van der Waals surface area contributed by atoms with Gasteiger partial charge in [-0.3, -0.25) is 19.4 Å². The fourth-order valence-electron chi connectivity index (χ4n) is 3.83. The molecule has 0 aromatic carbocycles. The summed E-state index contributed by atoms with van der Waals surface area (Å²) in [6.45, 7) is 0.991. The van der Waals surface area contributed by atoms with Crippen LogP contribution in [0.5, 0.6) is 0 Å². The van der Waals surface area contributed by atoms with Crippen molar-refractivity contribution in [3.8, 4) is 0 Å². The summed E-state index contributed by atoms with van der Waals surface area (Å²) in [6, 6.07) is -4.21. The van der Waals surface area contributed by atoms with Crippen LogP contribution in [0, 0.1) is 0 Å². The molecule has 0 aliphatic heterocycles. The number of imidazole rings is 1. The van der Waals surface area contributed by atoms with E-state index in [-0.39, 0.29) is 38.2 Å². The first-order valence-electron chi connectivity index (χ1n) is 13.4. The molecule has 15 N–H and O–H groups in total. The summed E-state index contributed by atoms with van der Waals surface area (Å²) < 4.78 is 0. The zero-order valence-electron chi connectivity index (χ0n) is 22.8. The van der Waals surface area contributed by atoms with Gasteiger partial charge < -0.3 is 54.7 Å². The summed E-state index contributed by atoms with van der Waals surface area (Å²) in [6.07, 6.45) is 6.32. The second kappa shape index (κ2) is 19.3. The topological polar surface area (TPSA) is 296 Å². The summed E-state index contributed by atoms with van der Waals surface area (Å²) >= 11 is 0. The highest BCUT2D eigenvalue weighted by Crippen LogP contribution is 2.08. The Hall–Kier alpha value is -3.76. The highest BCUT2D eigenvalue weighted by Gasteiger charge is 2.30. The maximum Gasteiger partial charge on any atom is 0.326 e. The van der Waals surface area contributed by atoms with Crippen LogP contribution in [0.2, 0.25) is 0 Å². The van der Waals surface area contributed by atoms with E-state index in [2.05, 4.69) is 30.9 Å². The van der Waals surface area contributed by atoms with Crippen LogP contribution in [0.3, 0.4) is 0 Å². The molecule has 0 bridgehead atoms.